The zero-order valence-corrected chi connectivity index (χ0v) is 8.72. The molecule has 0 unspecified atom stereocenters. The summed E-state index contributed by atoms with van der Waals surface area (Å²) < 4.78 is 0. The van der Waals surface area contributed by atoms with Crippen molar-refractivity contribution in [2.45, 2.75) is 34.6 Å². The summed E-state index contributed by atoms with van der Waals surface area (Å²) in [5, 5.41) is 0. The van der Waals surface area contributed by atoms with E-state index in [-0.39, 0.29) is 0 Å². The molecule has 0 aliphatic carbocycles. The number of nitrogens with two attached hydrogens (primary N) is 1. The molecule has 0 aliphatic heterocycles. The van der Waals surface area contributed by atoms with Gasteiger partial charge in [-0.05, 0) is 12.5 Å². The second-order valence-corrected chi connectivity index (χ2v) is 2.75. The van der Waals surface area contributed by atoms with E-state index in [1.54, 1.807) is 0 Å². The van der Waals surface area contributed by atoms with Gasteiger partial charge in [-0.15, -0.1) is 0 Å². The van der Waals surface area contributed by atoms with Crippen molar-refractivity contribution < 1.29 is 0 Å². The van der Waals surface area contributed by atoms with Gasteiger partial charge in [-0.2, -0.15) is 0 Å². The van der Waals surface area contributed by atoms with Gasteiger partial charge in [0, 0.05) is 13.2 Å². The lowest BCUT2D eigenvalue weighted by Gasteiger charge is -2.19. The van der Waals surface area contributed by atoms with Gasteiger partial charge in [0.2, 0.25) is 0 Å². The second-order valence-electron chi connectivity index (χ2n) is 2.75. The average molecular weight is 160 g/mol. The second kappa shape index (κ2) is 9.92. The van der Waals surface area contributed by atoms with Crippen LogP contribution in [-0.4, -0.2) is 24.7 Å². The molecule has 0 bridgehead atoms. The van der Waals surface area contributed by atoms with Crippen molar-refractivity contribution in [3.63, 3.8) is 0 Å². The van der Waals surface area contributed by atoms with Gasteiger partial charge in [-0.1, -0.05) is 34.6 Å². The highest BCUT2D eigenvalue weighted by Gasteiger charge is 2.00. The third kappa shape index (κ3) is 9.92. The Morgan fingerprint density at radius 2 is 1.73 bits per heavy atom. The minimum atomic E-state index is 0.689. The molecule has 0 saturated carbocycles. The van der Waals surface area contributed by atoms with Crippen molar-refractivity contribution in [2.75, 3.05) is 19.8 Å². The Labute approximate surface area is 71.8 Å². The summed E-state index contributed by atoms with van der Waals surface area (Å²) in [6, 6.07) is 0. The van der Waals surface area contributed by atoms with Crippen LogP contribution in [0.4, 0.5) is 0 Å². The zero-order valence-electron chi connectivity index (χ0n) is 8.72. The quantitative estimate of drug-likeness (QED) is 0.636. The van der Waals surface area contributed by atoms with E-state index < -0.39 is 0 Å². The van der Waals surface area contributed by atoms with Crippen LogP contribution in [0.5, 0.6) is 0 Å². The van der Waals surface area contributed by atoms with E-state index in [4.69, 9.17) is 5.73 Å². The van der Waals surface area contributed by atoms with Crippen molar-refractivity contribution in [3.8, 4) is 0 Å². The summed E-state index contributed by atoms with van der Waals surface area (Å²) in [7, 11) is 0. The molecular formula is C9H24N2. The molecule has 0 heterocycles. The standard InChI is InChI=1S/C7H18N2.C2H6/c1-4-9(6-8)5-7(2)3;1-2/h7H,4-6,8H2,1-3H3;1-2H3. The van der Waals surface area contributed by atoms with Crippen LogP contribution in [0.15, 0.2) is 0 Å². The average Bonchev–Trinajstić information content (AvgIpc) is 2.03. The monoisotopic (exact) mass is 160 g/mol. The molecule has 2 N–H and O–H groups in total. The summed E-state index contributed by atoms with van der Waals surface area (Å²) >= 11 is 0. The van der Waals surface area contributed by atoms with Crippen LogP contribution < -0.4 is 5.73 Å². The van der Waals surface area contributed by atoms with Crippen molar-refractivity contribution in [3.05, 3.63) is 0 Å². The van der Waals surface area contributed by atoms with E-state index in [2.05, 4.69) is 25.7 Å². The van der Waals surface area contributed by atoms with E-state index >= 15 is 0 Å². The fourth-order valence-corrected chi connectivity index (χ4v) is 0.849. The van der Waals surface area contributed by atoms with Crippen molar-refractivity contribution in [2.24, 2.45) is 11.7 Å². The van der Waals surface area contributed by atoms with E-state index in [1.165, 1.54) is 0 Å². The normalized spacial score (nSPS) is 9.82. The molecule has 0 aromatic rings. The van der Waals surface area contributed by atoms with E-state index in [0.717, 1.165) is 19.0 Å². The van der Waals surface area contributed by atoms with Crippen LogP contribution in [-0.2, 0) is 0 Å². The highest BCUT2D eigenvalue weighted by molar-refractivity contribution is 4.53. The van der Waals surface area contributed by atoms with Crippen molar-refractivity contribution in [1.29, 1.82) is 0 Å². The number of rotatable bonds is 4. The van der Waals surface area contributed by atoms with Crippen LogP contribution in [0, 0.1) is 5.92 Å². The molecule has 0 spiro atoms. The molecule has 2 heteroatoms. The molecule has 0 rings (SSSR count). The van der Waals surface area contributed by atoms with E-state index in [0.29, 0.717) is 6.67 Å². The molecule has 70 valence electrons. The van der Waals surface area contributed by atoms with Crippen LogP contribution in [0.1, 0.15) is 34.6 Å². The van der Waals surface area contributed by atoms with Gasteiger partial charge in [0.05, 0.1) is 0 Å². The lowest BCUT2D eigenvalue weighted by Crippen LogP contribution is -2.32. The van der Waals surface area contributed by atoms with Gasteiger partial charge in [-0.25, -0.2) is 0 Å². The third-order valence-corrected chi connectivity index (χ3v) is 1.33. The maximum atomic E-state index is 5.46. The molecule has 2 nitrogen and oxygen atoms in total. The smallest absolute Gasteiger partial charge is 0.0455 e. The van der Waals surface area contributed by atoms with Crippen molar-refractivity contribution >= 4 is 0 Å². The minimum Gasteiger partial charge on any atom is -0.318 e. The molecule has 11 heavy (non-hydrogen) atoms. The molecule has 0 amide bonds. The van der Waals surface area contributed by atoms with Crippen LogP contribution in [0.25, 0.3) is 0 Å². The van der Waals surface area contributed by atoms with Gasteiger partial charge in [0.25, 0.3) is 0 Å². The topological polar surface area (TPSA) is 29.3 Å². The van der Waals surface area contributed by atoms with Crippen LogP contribution >= 0.6 is 0 Å². The first-order valence-corrected chi connectivity index (χ1v) is 4.63. The fraction of sp³-hybridized carbons (Fsp3) is 1.00. The maximum absolute atomic E-state index is 5.46. The predicted molar refractivity (Wildman–Crippen MR) is 52.5 cm³/mol. The van der Waals surface area contributed by atoms with Gasteiger partial charge < -0.3 is 5.73 Å². The zero-order chi connectivity index (χ0) is 9.28. The molecule has 0 aliphatic rings. The summed E-state index contributed by atoms with van der Waals surface area (Å²) in [6.45, 7) is 13.4. The van der Waals surface area contributed by atoms with Crippen LogP contribution in [0.3, 0.4) is 0 Å². The Kier molecular flexibility index (Phi) is 12.2. The first-order valence-electron chi connectivity index (χ1n) is 4.63. The Morgan fingerprint density at radius 1 is 1.27 bits per heavy atom. The lowest BCUT2D eigenvalue weighted by molar-refractivity contribution is 0.263. The summed E-state index contributed by atoms with van der Waals surface area (Å²) in [5.74, 6) is 0.730. The Balaban J connectivity index is 0. The lowest BCUT2D eigenvalue weighted by atomic mass is 10.2. The van der Waals surface area contributed by atoms with E-state index in [1.807, 2.05) is 13.8 Å². The van der Waals surface area contributed by atoms with Gasteiger partial charge in [0.15, 0.2) is 0 Å². The molecular weight excluding hydrogens is 136 g/mol. The first-order chi connectivity index (χ1) is 5.20. The predicted octanol–water partition coefficient (Wildman–Crippen LogP) is 1.91. The third-order valence-electron chi connectivity index (χ3n) is 1.33. The highest BCUT2D eigenvalue weighted by atomic mass is 15.2. The maximum Gasteiger partial charge on any atom is 0.0455 e. The van der Waals surface area contributed by atoms with Gasteiger partial charge in [0.1, 0.15) is 0 Å². The number of hydrogen-bond acceptors (Lipinski definition) is 2. The number of hydrogen-bond donors (Lipinski definition) is 1. The Bertz CT molecular complexity index is 58.6. The SMILES string of the molecule is CC.CCN(CN)CC(C)C. The Morgan fingerprint density at radius 3 is 1.82 bits per heavy atom. The highest BCUT2D eigenvalue weighted by Crippen LogP contribution is 1.94. The van der Waals surface area contributed by atoms with Crippen LogP contribution in [0.2, 0.25) is 0 Å². The summed E-state index contributed by atoms with van der Waals surface area (Å²) in [4.78, 5) is 2.23. The molecule has 0 atom stereocenters. The number of nitrogens with zero attached hydrogens (tertiary/aromatic N) is 1. The van der Waals surface area contributed by atoms with Crippen molar-refractivity contribution in [1.82, 2.24) is 4.90 Å². The molecule has 0 saturated heterocycles. The summed E-state index contributed by atoms with van der Waals surface area (Å²) in [6.07, 6.45) is 0. The first kappa shape index (κ1) is 13.5. The minimum absolute atomic E-state index is 0.689. The van der Waals surface area contributed by atoms with E-state index in [9.17, 15) is 0 Å². The summed E-state index contributed by atoms with van der Waals surface area (Å²) in [5.41, 5.74) is 5.46. The Hall–Kier alpha value is -0.0800. The fourth-order valence-electron chi connectivity index (χ4n) is 0.849. The largest absolute Gasteiger partial charge is 0.318 e. The molecule has 0 radical (unpaired) electrons. The van der Waals surface area contributed by atoms with Gasteiger partial charge >= 0.3 is 0 Å². The molecule has 0 aromatic carbocycles. The molecule has 0 fully saturated rings. The van der Waals surface area contributed by atoms with Gasteiger partial charge in [-0.3, -0.25) is 4.90 Å². The molecule has 0 aromatic heterocycles.